The third-order valence-corrected chi connectivity index (χ3v) is 6.19. The molecule has 2 fully saturated rings. The van der Waals surface area contributed by atoms with E-state index >= 15 is 0 Å². The molecule has 2 aromatic heterocycles. The van der Waals surface area contributed by atoms with Gasteiger partial charge in [-0.2, -0.15) is 18.2 Å². The number of nitrogens with one attached hydrogen (secondary N) is 1. The number of carbonyl (C=O) groups is 1. The molecule has 0 bridgehead atoms. The van der Waals surface area contributed by atoms with E-state index in [4.69, 9.17) is 9.47 Å². The van der Waals surface area contributed by atoms with Crippen LogP contribution in [0.15, 0.2) is 25.2 Å². The Kier molecular flexibility index (Phi) is 6.17. The van der Waals surface area contributed by atoms with E-state index in [9.17, 15) is 18.0 Å². The Bertz CT molecular complexity index is 1130. The van der Waals surface area contributed by atoms with Gasteiger partial charge >= 0.3 is 6.18 Å². The van der Waals surface area contributed by atoms with Crippen molar-refractivity contribution in [3.05, 3.63) is 42.0 Å². The van der Waals surface area contributed by atoms with Gasteiger partial charge < -0.3 is 24.6 Å². The van der Waals surface area contributed by atoms with Crippen LogP contribution in [-0.2, 0) is 28.8 Å². The summed E-state index contributed by atoms with van der Waals surface area (Å²) in [6.45, 7) is 6.08. The Labute approximate surface area is 199 Å². The number of amides is 1. The van der Waals surface area contributed by atoms with Gasteiger partial charge in [-0.1, -0.05) is 6.58 Å². The summed E-state index contributed by atoms with van der Waals surface area (Å²) < 4.78 is 50.6. The van der Waals surface area contributed by atoms with Gasteiger partial charge in [0.1, 0.15) is 23.8 Å². The van der Waals surface area contributed by atoms with Crippen molar-refractivity contribution in [3.8, 4) is 5.88 Å². The Morgan fingerprint density at radius 1 is 1.26 bits per heavy atom. The second-order valence-corrected chi connectivity index (χ2v) is 8.64. The maximum absolute atomic E-state index is 13.4. The van der Waals surface area contributed by atoms with Crippen molar-refractivity contribution in [3.63, 3.8) is 0 Å². The topological polar surface area (TPSA) is 106 Å². The lowest BCUT2D eigenvalue weighted by molar-refractivity contribution is -0.142. The van der Waals surface area contributed by atoms with E-state index in [1.165, 1.54) is 12.4 Å². The average Bonchev–Trinajstić information content (AvgIpc) is 3.25. The minimum Gasteiger partial charge on any atom is -0.469 e. The molecule has 2 aromatic rings. The first-order chi connectivity index (χ1) is 16.8. The van der Waals surface area contributed by atoms with Crippen LogP contribution in [0.4, 0.5) is 24.9 Å². The van der Waals surface area contributed by atoms with E-state index in [0.717, 1.165) is 42.7 Å². The minimum atomic E-state index is -4.63. The summed E-state index contributed by atoms with van der Waals surface area (Å²) in [4.78, 5) is 32.5. The lowest BCUT2D eigenvalue weighted by atomic mass is 10.1. The second-order valence-electron chi connectivity index (χ2n) is 8.64. The first-order valence-corrected chi connectivity index (χ1v) is 11.3. The van der Waals surface area contributed by atoms with E-state index in [1.54, 1.807) is 4.90 Å². The number of anilines is 2. The zero-order valence-corrected chi connectivity index (χ0v) is 18.8. The summed E-state index contributed by atoms with van der Waals surface area (Å²) in [5, 5.41) is 3.15. The van der Waals surface area contributed by atoms with E-state index < -0.39 is 23.7 Å². The number of piperidine rings is 1. The number of alkyl halides is 3. The van der Waals surface area contributed by atoms with Crippen molar-refractivity contribution in [2.45, 2.75) is 44.3 Å². The number of rotatable bonds is 6. The van der Waals surface area contributed by atoms with Crippen LogP contribution < -0.4 is 15.0 Å². The molecule has 186 valence electrons. The van der Waals surface area contributed by atoms with Crippen molar-refractivity contribution in [1.29, 1.82) is 0 Å². The van der Waals surface area contributed by atoms with E-state index in [2.05, 4.69) is 36.7 Å². The first-order valence-electron chi connectivity index (χ1n) is 11.3. The van der Waals surface area contributed by atoms with Crippen molar-refractivity contribution < 1.29 is 27.4 Å². The summed E-state index contributed by atoms with van der Waals surface area (Å²) in [7, 11) is 0. The molecule has 0 aromatic carbocycles. The van der Waals surface area contributed by atoms with Crippen molar-refractivity contribution >= 4 is 17.7 Å². The highest BCUT2D eigenvalue weighted by Crippen LogP contribution is 2.36. The van der Waals surface area contributed by atoms with Crippen LogP contribution in [0.25, 0.3) is 0 Å². The monoisotopic (exact) mass is 491 g/mol. The lowest BCUT2D eigenvalue weighted by Gasteiger charge is -2.35. The molecule has 0 saturated carbocycles. The maximum Gasteiger partial charge on any atom is 0.423 e. The van der Waals surface area contributed by atoms with Crippen molar-refractivity contribution in [1.82, 2.24) is 24.8 Å². The predicted octanol–water partition coefficient (Wildman–Crippen LogP) is 2.17. The Morgan fingerprint density at radius 2 is 2.09 bits per heavy atom. The van der Waals surface area contributed by atoms with Gasteiger partial charge in [0, 0.05) is 30.9 Å². The molecule has 3 aliphatic rings. The number of hydrogen-bond donors (Lipinski definition) is 1. The van der Waals surface area contributed by atoms with Gasteiger partial charge in [-0.3, -0.25) is 4.79 Å². The number of halogens is 3. The molecule has 1 amide bonds. The molecule has 5 heterocycles. The van der Waals surface area contributed by atoms with E-state index in [-0.39, 0.29) is 31.1 Å². The number of fused-ring (bicyclic) bond motifs is 1. The Hall–Kier alpha value is -3.48. The number of carbonyl (C=O) groups excluding carboxylic acids is 1. The van der Waals surface area contributed by atoms with E-state index in [1.807, 2.05) is 0 Å². The highest BCUT2D eigenvalue weighted by atomic mass is 19.4. The van der Waals surface area contributed by atoms with Crippen LogP contribution in [0.1, 0.15) is 29.7 Å². The average molecular weight is 491 g/mol. The third kappa shape index (κ3) is 4.85. The van der Waals surface area contributed by atoms with Crippen LogP contribution in [0, 0.1) is 0 Å². The highest BCUT2D eigenvalue weighted by Gasteiger charge is 2.38. The summed E-state index contributed by atoms with van der Waals surface area (Å²) in [6, 6.07) is -0.127. The number of nitrogens with zero attached hydrogens (tertiary/aromatic N) is 6. The normalized spacial score (nSPS) is 20.3. The van der Waals surface area contributed by atoms with Gasteiger partial charge in [-0.15, -0.1) is 0 Å². The largest absolute Gasteiger partial charge is 0.469 e. The first kappa shape index (κ1) is 23.3. The molecule has 10 nitrogen and oxygen atoms in total. The summed E-state index contributed by atoms with van der Waals surface area (Å²) >= 11 is 0. The number of ether oxygens (including phenoxy) is 2. The number of aromatic nitrogens is 4. The maximum atomic E-state index is 13.4. The molecule has 0 unspecified atom stereocenters. The molecule has 0 aliphatic carbocycles. The molecular formula is C22H24F3N7O3. The Balaban J connectivity index is 1.31. The molecule has 3 aliphatic heterocycles. The van der Waals surface area contributed by atoms with Gasteiger partial charge in [0.25, 0.3) is 0 Å². The summed E-state index contributed by atoms with van der Waals surface area (Å²) in [5.74, 6) is 0.147. The third-order valence-electron chi connectivity index (χ3n) is 6.19. The van der Waals surface area contributed by atoms with Gasteiger partial charge in [0.15, 0.2) is 0 Å². The van der Waals surface area contributed by atoms with Crippen LogP contribution in [0.3, 0.4) is 0 Å². The van der Waals surface area contributed by atoms with Crippen LogP contribution in [0.5, 0.6) is 5.88 Å². The number of hydrogen-bond acceptors (Lipinski definition) is 9. The molecule has 35 heavy (non-hydrogen) atoms. The fourth-order valence-corrected chi connectivity index (χ4v) is 4.35. The zero-order valence-electron chi connectivity index (χ0n) is 18.8. The molecular weight excluding hydrogens is 467 g/mol. The van der Waals surface area contributed by atoms with Crippen LogP contribution >= 0.6 is 0 Å². The van der Waals surface area contributed by atoms with Crippen LogP contribution in [0.2, 0.25) is 0 Å². The molecule has 13 heteroatoms. The second kappa shape index (κ2) is 9.29. The molecule has 5 rings (SSSR count). The summed E-state index contributed by atoms with van der Waals surface area (Å²) in [6.07, 6.45) is 0.0229. The van der Waals surface area contributed by atoms with Crippen molar-refractivity contribution in [2.75, 3.05) is 36.5 Å². The quantitative estimate of drug-likeness (QED) is 0.609. The van der Waals surface area contributed by atoms with Gasteiger partial charge in [0.2, 0.25) is 17.7 Å². The van der Waals surface area contributed by atoms with Crippen molar-refractivity contribution in [2.24, 2.45) is 0 Å². The fourth-order valence-electron chi connectivity index (χ4n) is 4.35. The van der Waals surface area contributed by atoms with Gasteiger partial charge in [0.05, 0.1) is 32.0 Å². The molecule has 1 atom stereocenters. The van der Waals surface area contributed by atoms with Gasteiger partial charge in [-0.25, -0.2) is 15.0 Å². The van der Waals surface area contributed by atoms with Gasteiger partial charge in [-0.05, 0) is 18.9 Å². The molecule has 1 N–H and O–H groups in total. The predicted molar refractivity (Wildman–Crippen MR) is 118 cm³/mol. The molecule has 0 spiro atoms. The minimum absolute atomic E-state index is 0.0655. The Morgan fingerprint density at radius 3 is 2.80 bits per heavy atom. The van der Waals surface area contributed by atoms with E-state index in [0.29, 0.717) is 19.6 Å². The smallest absolute Gasteiger partial charge is 0.423 e. The standard InChI is InChI=1S/C22H24F3N7O3/c1-2-18(33)32-8-15-17(9-32)27-12-28-19(15)31-5-3-4-13(7-31)29-21-26-6-16(22(23,24)25)20(30-21)35-14-10-34-11-14/h2,6,12-14H,1,3-5,7-11H2,(H,26,29,30)/t13-/m1/s1. The highest BCUT2D eigenvalue weighted by molar-refractivity contribution is 5.87. The zero-order chi connectivity index (χ0) is 24.6. The lowest BCUT2D eigenvalue weighted by Crippen LogP contribution is -2.43. The van der Waals surface area contributed by atoms with Crippen LogP contribution in [-0.4, -0.2) is 69.2 Å². The molecule has 2 saturated heterocycles. The fraction of sp³-hybridized carbons (Fsp3) is 0.500. The summed E-state index contributed by atoms with van der Waals surface area (Å²) in [5.41, 5.74) is 0.677. The SMILES string of the molecule is C=CC(=O)N1Cc2ncnc(N3CCC[C@@H](Nc4ncc(C(F)(F)F)c(OC5COC5)n4)C3)c2C1. The molecule has 0 radical (unpaired) electrons.